The molecule has 1 aromatic rings. The number of rotatable bonds is 4. The van der Waals surface area contributed by atoms with E-state index >= 15 is 0 Å². The molecule has 0 aliphatic rings. The third-order valence-electron chi connectivity index (χ3n) is 1.79. The molecule has 0 bridgehead atoms. The summed E-state index contributed by atoms with van der Waals surface area (Å²) in [5, 5.41) is 19.7. The van der Waals surface area contributed by atoms with Crippen molar-refractivity contribution in [2.24, 2.45) is 0 Å². The molecule has 0 aromatic carbocycles. The summed E-state index contributed by atoms with van der Waals surface area (Å²) in [7, 11) is 0. The molecule has 78 valence electrons. The molecule has 0 aliphatic carbocycles. The molecule has 0 amide bonds. The number of aromatic nitrogens is 2. The van der Waals surface area contributed by atoms with Crippen LogP contribution in [0.2, 0.25) is 0 Å². The first-order valence-corrected chi connectivity index (χ1v) is 4.27. The number of aryl methyl sites for hydroxylation is 1. The van der Waals surface area contributed by atoms with E-state index in [4.69, 9.17) is 0 Å². The molecule has 0 spiro atoms. The third kappa shape index (κ3) is 3.14. The van der Waals surface area contributed by atoms with E-state index in [0.717, 1.165) is 0 Å². The van der Waals surface area contributed by atoms with Gasteiger partial charge >= 0.3 is 5.82 Å². The molecule has 0 saturated carbocycles. The van der Waals surface area contributed by atoms with E-state index in [1.807, 2.05) is 0 Å². The Morgan fingerprint density at radius 3 is 2.79 bits per heavy atom. The van der Waals surface area contributed by atoms with Gasteiger partial charge in [-0.25, -0.2) is 0 Å². The Hall–Kier alpha value is -1.43. The molecule has 1 heterocycles. The van der Waals surface area contributed by atoms with Crippen LogP contribution in [0.15, 0.2) is 12.5 Å². The van der Waals surface area contributed by atoms with E-state index in [1.165, 1.54) is 12.5 Å². The zero-order valence-corrected chi connectivity index (χ0v) is 8.17. The molecule has 6 heteroatoms. The van der Waals surface area contributed by atoms with Gasteiger partial charge in [-0.05, 0) is 30.2 Å². The Labute approximate surface area is 81.3 Å². The molecule has 0 saturated heterocycles. The van der Waals surface area contributed by atoms with E-state index in [2.05, 4.69) is 4.98 Å². The van der Waals surface area contributed by atoms with Crippen LogP contribution in [0.25, 0.3) is 0 Å². The van der Waals surface area contributed by atoms with Gasteiger partial charge in [0.15, 0.2) is 0 Å². The van der Waals surface area contributed by atoms with E-state index in [9.17, 15) is 15.2 Å². The number of aliphatic hydroxyl groups is 1. The maximum absolute atomic E-state index is 10.3. The largest absolute Gasteiger partial charge is 0.390 e. The molecule has 1 N–H and O–H groups in total. The third-order valence-corrected chi connectivity index (χ3v) is 1.79. The summed E-state index contributed by atoms with van der Waals surface area (Å²) in [6.07, 6.45) is 3.27. The minimum absolute atomic E-state index is 0.166. The summed E-state index contributed by atoms with van der Waals surface area (Å²) in [4.78, 5) is 13.4. The van der Waals surface area contributed by atoms with Crippen molar-refractivity contribution in [1.29, 1.82) is 0 Å². The molecular weight excluding hydrogens is 186 g/mol. The van der Waals surface area contributed by atoms with E-state index in [0.29, 0.717) is 13.0 Å². The molecule has 6 nitrogen and oxygen atoms in total. The minimum atomic E-state index is -0.765. The van der Waals surface area contributed by atoms with Gasteiger partial charge in [0.05, 0.1) is 5.60 Å². The standard InChI is InChI=1S/C8H13N3O3/c1-8(2,12)3-4-10-5-7(9-6-10)11(13)14/h5-6,12H,3-4H2,1-2H3. The van der Waals surface area contributed by atoms with Crippen LogP contribution in [0.5, 0.6) is 0 Å². The quantitative estimate of drug-likeness (QED) is 0.578. The number of nitro groups is 1. The van der Waals surface area contributed by atoms with E-state index < -0.39 is 10.5 Å². The molecule has 0 aliphatic heterocycles. The zero-order chi connectivity index (χ0) is 10.8. The van der Waals surface area contributed by atoms with Crippen molar-refractivity contribution in [3.8, 4) is 0 Å². The summed E-state index contributed by atoms with van der Waals surface area (Å²) in [5.41, 5.74) is -0.765. The molecule has 0 fully saturated rings. The lowest BCUT2D eigenvalue weighted by Gasteiger charge is -2.16. The SMILES string of the molecule is CC(C)(O)CCn1cnc([N+](=O)[O-])c1. The van der Waals surface area contributed by atoms with Gasteiger partial charge in [0.25, 0.3) is 0 Å². The Morgan fingerprint density at radius 2 is 2.36 bits per heavy atom. The van der Waals surface area contributed by atoms with E-state index in [1.54, 1.807) is 18.4 Å². The minimum Gasteiger partial charge on any atom is -0.390 e. The zero-order valence-electron chi connectivity index (χ0n) is 8.17. The second-order valence-corrected chi connectivity index (χ2v) is 3.79. The Bertz CT molecular complexity index is 327. The summed E-state index contributed by atoms with van der Waals surface area (Å²) >= 11 is 0. The highest BCUT2D eigenvalue weighted by Gasteiger charge is 2.14. The second-order valence-electron chi connectivity index (χ2n) is 3.79. The van der Waals surface area contributed by atoms with Crippen LogP contribution >= 0.6 is 0 Å². The van der Waals surface area contributed by atoms with Crippen molar-refractivity contribution in [1.82, 2.24) is 9.55 Å². The Morgan fingerprint density at radius 1 is 1.71 bits per heavy atom. The van der Waals surface area contributed by atoms with Crippen LogP contribution in [-0.4, -0.2) is 25.2 Å². The van der Waals surface area contributed by atoms with Crippen LogP contribution in [0, 0.1) is 10.1 Å². The lowest BCUT2D eigenvalue weighted by molar-refractivity contribution is -0.389. The first-order valence-electron chi connectivity index (χ1n) is 4.27. The summed E-state index contributed by atoms with van der Waals surface area (Å²) in [6, 6.07) is 0. The number of hydrogen-bond acceptors (Lipinski definition) is 4. The van der Waals surface area contributed by atoms with Crippen molar-refractivity contribution >= 4 is 5.82 Å². The Kier molecular flexibility index (Phi) is 2.85. The second kappa shape index (κ2) is 3.75. The van der Waals surface area contributed by atoms with Crippen molar-refractivity contribution in [2.45, 2.75) is 32.4 Å². The van der Waals surface area contributed by atoms with Gasteiger partial charge in [-0.15, -0.1) is 0 Å². The molecule has 1 rings (SSSR count). The highest BCUT2D eigenvalue weighted by Crippen LogP contribution is 2.11. The lowest BCUT2D eigenvalue weighted by Crippen LogP contribution is -2.20. The van der Waals surface area contributed by atoms with Gasteiger partial charge in [0, 0.05) is 6.54 Å². The van der Waals surface area contributed by atoms with Crippen LogP contribution < -0.4 is 0 Å². The van der Waals surface area contributed by atoms with Gasteiger partial charge in [-0.1, -0.05) is 0 Å². The first kappa shape index (κ1) is 10.6. The average Bonchev–Trinajstić information content (AvgIpc) is 2.47. The molecule has 0 atom stereocenters. The maximum Gasteiger partial charge on any atom is 0.381 e. The van der Waals surface area contributed by atoms with Gasteiger partial charge in [0.1, 0.15) is 6.20 Å². The topological polar surface area (TPSA) is 81.2 Å². The first-order chi connectivity index (χ1) is 6.38. The predicted octanol–water partition coefficient (Wildman–Crippen LogP) is 0.952. The monoisotopic (exact) mass is 199 g/mol. The van der Waals surface area contributed by atoms with Gasteiger partial charge in [-0.3, -0.25) is 0 Å². The Balaban J connectivity index is 2.56. The number of nitrogens with zero attached hydrogens (tertiary/aromatic N) is 3. The highest BCUT2D eigenvalue weighted by molar-refractivity contribution is 5.12. The van der Waals surface area contributed by atoms with Crippen LogP contribution in [0.4, 0.5) is 5.82 Å². The van der Waals surface area contributed by atoms with Gasteiger partial charge in [0.2, 0.25) is 6.33 Å². The smallest absolute Gasteiger partial charge is 0.381 e. The molecular formula is C8H13N3O3. The summed E-state index contributed by atoms with van der Waals surface area (Å²) < 4.78 is 1.59. The number of imidazole rings is 1. The van der Waals surface area contributed by atoms with Gasteiger partial charge < -0.3 is 19.8 Å². The van der Waals surface area contributed by atoms with Crippen molar-refractivity contribution in [2.75, 3.05) is 0 Å². The number of hydrogen-bond donors (Lipinski definition) is 1. The maximum atomic E-state index is 10.3. The molecule has 1 aromatic heterocycles. The highest BCUT2D eigenvalue weighted by atomic mass is 16.6. The average molecular weight is 199 g/mol. The van der Waals surface area contributed by atoms with E-state index in [-0.39, 0.29) is 5.82 Å². The van der Waals surface area contributed by atoms with Crippen LogP contribution in [0.3, 0.4) is 0 Å². The van der Waals surface area contributed by atoms with Crippen molar-refractivity contribution in [3.63, 3.8) is 0 Å². The van der Waals surface area contributed by atoms with Crippen molar-refractivity contribution in [3.05, 3.63) is 22.6 Å². The fraction of sp³-hybridized carbons (Fsp3) is 0.625. The fourth-order valence-electron chi connectivity index (χ4n) is 0.968. The summed E-state index contributed by atoms with van der Waals surface area (Å²) in [5.74, 6) is -0.166. The van der Waals surface area contributed by atoms with Crippen LogP contribution in [-0.2, 0) is 6.54 Å². The molecule has 0 unspecified atom stereocenters. The summed E-state index contributed by atoms with van der Waals surface area (Å²) in [6.45, 7) is 3.90. The lowest BCUT2D eigenvalue weighted by atomic mass is 10.1. The predicted molar refractivity (Wildman–Crippen MR) is 49.8 cm³/mol. The van der Waals surface area contributed by atoms with Gasteiger partial charge in [-0.2, -0.15) is 0 Å². The molecule has 14 heavy (non-hydrogen) atoms. The molecule has 0 radical (unpaired) electrons. The fourth-order valence-corrected chi connectivity index (χ4v) is 0.968. The van der Waals surface area contributed by atoms with Crippen molar-refractivity contribution < 1.29 is 10.0 Å². The van der Waals surface area contributed by atoms with Crippen LogP contribution in [0.1, 0.15) is 20.3 Å². The normalized spacial score (nSPS) is 11.6.